The maximum atomic E-state index is 9.83. The number of fused-ring (bicyclic) bond motifs is 1. The molecule has 23 heavy (non-hydrogen) atoms. The van der Waals surface area contributed by atoms with Crippen LogP contribution in [0.4, 0.5) is 5.82 Å². The molecular formula is C18H19N3O2. The van der Waals surface area contributed by atoms with Crippen molar-refractivity contribution in [1.82, 2.24) is 9.97 Å². The van der Waals surface area contributed by atoms with Gasteiger partial charge in [-0.3, -0.25) is 0 Å². The number of benzene rings is 1. The summed E-state index contributed by atoms with van der Waals surface area (Å²) in [5.41, 5.74) is 1.60. The van der Waals surface area contributed by atoms with Gasteiger partial charge in [0.1, 0.15) is 17.9 Å². The first kappa shape index (κ1) is 14.2. The van der Waals surface area contributed by atoms with E-state index in [2.05, 4.69) is 15.3 Å². The molecule has 2 N–H and O–H groups in total. The third-order valence-corrected chi connectivity index (χ3v) is 4.38. The van der Waals surface area contributed by atoms with Crippen LogP contribution in [-0.4, -0.2) is 27.2 Å². The molecule has 3 aromatic rings. The number of nitrogens with zero attached hydrogens (tertiary/aromatic N) is 2. The first-order chi connectivity index (χ1) is 11.3. The number of nitrogens with one attached hydrogen (secondary N) is 1. The van der Waals surface area contributed by atoms with Crippen LogP contribution in [0.25, 0.3) is 22.4 Å². The summed E-state index contributed by atoms with van der Waals surface area (Å²) in [6.07, 6.45) is 5.03. The Labute approximate surface area is 134 Å². The molecule has 4 rings (SSSR count). The predicted octanol–water partition coefficient (Wildman–Crippen LogP) is 3.61. The van der Waals surface area contributed by atoms with Crippen molar-refractivity contribution in [2.75, 3.05) is 5.32 Å². The molecule has 0 bridgehead atoms. The standard InChI is InChI=1S/C18H19N3O2/c22-14-8-4-7-13(9-14)21-17-15-10-16(12-5-2-1-3-6-12)23-18(15)20-11-19-17/h1-3,5-6,10-11,13-14,22H,4,7-9H2,(H,19,20,21)/t13-,14+/m0/s1. The van der Waals surface area contributed by atoms with E-state index in [1.165, 1.54) is 6.33 Å². The van der Waals surface area contributed by atoms with Gasteiger partial charge in [0, 0.05) is 11.6 Å². The number of hydrogen-bond donors (Lipinski definition) is 2. The van der Waals surface area contributed by atoms with Crippen LogP contribution in [0.5, 0.6) is 0 Å². The molecule has 1 saturated carbocycles. The average molecular weight is 309 g/mol. The fourth-order valence-electron chi connectivity index (χ4n) is 3.20. The lowest BCUT2D eigenvalue weighted by atomic mass is 9.93. The van der Waals surface area contributed by atoms with E-state index in [0.29, 0.717) is 5.71 Å². The number of aromatic nitrogens is 2. The zero-order valence-corrected chi connectivity index (χ0v) is 12.8. The minimum absolute atomic E-state index is 0.220. The lowest BCUT2D eigenvalue weighted by Gasteiger charge is -2.27. The highest BCUT2D eigenvalue weighted by molar-refractivity contribution is 5.89. The summed E-state index contributed by atoms with van der Waals surface area (Å²) in [4.78, 5) is 8.60. The predicted molar refractivity (Wildman–Crippen MR) is 89.1 cm³/mol. The zero-order valence-electron chi connectivity index (χ0n) is 12.8. The van der Waals surface area contributed by atoms with Gasteiger partial charge in [-0.05, 0) is 31.7 Å². The molecule has 1 aromatic carbocycles. The molecule has 1 aliphatic carbocycles. The van der Waals surface area contributed by atoms with E-state index in [0.717, 1.165) is 48.2 Å². The molecule has 1 aliphatic rings. The summed E-state index contributed by atoms with van der Waals surface area (Å²) >= 11 is 0. The normalized spacial score (nSPS) is 21.4. The van der Waals surface area contributed by atoms with Gasteiger partial charge < -0.3 is 14.8 Å². The number of hydrogen-bond acceptors (Lipinski definition) is 5. The number of aliphatic hydroxyl groups excluding tert-OH is 1. The van der Waals surface area contributed by atoms with Crippen molar-refractivity contribution in [2.45, 2.75) is 37.8 Å². The molecule has 0 unspecified atom stereocenters. The van der Waals surface area contributed by atoms with Crippen LogP contribution in [0.3, 0.4) is 0 Å². The molecule has 0 amide bonds. The zero-order chi connectivity index (χ0) is 15.6. The topological polar surface area (TPSA) is 71.2 Å². The highest BCUT2D eigenvalue weighted by atomic mass is 16.3. The van der Waals surface area contributed by atoms with Crippen LogP contribution >= 0.6 is 0 Å². The van der Waals surface area contributed by atoms with Crippen molar-refractivity contribution in [2.24, 2.45) is 0 Å². The largest absolute Gasteiger partial charge is 0.438 e. The van der Waals surface area contributed by atoms with E-state index in [9.17, 15) is 5.11 Å². The fraction of sp³-hybridized carbons (Fsp3) is 0.333. The van der Waals surface area contributed by atoms with Crippen LogP contribution in [0, 0.1) is 0 Å². The molecule has 0 aliphatic heterocycles. The Balaban J connectivity index is 1.66. The summed E-state index contributed by atoms with van der Waals surface area (Å²) < 4.78 is 5.86. The second-order valence-electron chi connectivity index (χ2n) is 6.08. The highest BCUT2D eigenvalue weighted by Crippen LogP contribution is 2.31. The minimum atomic E-state index is -0.220. The third-order valence-electron chi connectivity index (χ3n) is 4.38. The molecule has 2 aromatic heterocycles. The van der Waals surface area contributed by atoms with Crippen molar-refractivity contribution < 1.29 is 9.52 Å². The second kappa shape index (κ2) is 6.01. The SMILES string of the molecule is O[C@@H]1CCC[C@H](Nc2ncnc3oc(-c4ccccc4)cc23)C1. The van der Waals surface area contributed by atoms with Gasteiger partial charge in [-0.25, -0.2) is 9.97 Å². The number of furan rings is 1. The van der Waals surface area contributed by atoms with Crippen LogP contribution in [0.15, 0.2) is 47.1 Å². The minimum Gasteiger partial charge on any atom is -0.438 e. The monoisotopic (exact) mass is 309 g/mol. The van der Waals surface area contributed by atoms with Crippen LogP contribution in [0.2, 0.25) is 0 Å². The van der Waals surface area contributed by atoms with Crippen molar-refractivity contribution >= 4 is 16.9 Å². The van der Waals surface area contributed by atoms with E-state index in [1.54, 1.807) is 0 Å². The number of aliphatic hydroxyl groups is 1. The Hall–Kier alpha value is -2.40. The van der Waals surface area contributed by atoms with Gasteiger partial charge >= 0.3 is 0 Å². The van der Waals surface area contributed by atoms with Gasteiger partial charge in [0.15, 0.2) is 0 Å². The maximum Gasteiger partial charge on any atom is 0.231 e. The average Bonchev–Trinajstić information content (AvgIpc) is 3.01. The fourth-order valence-corrected chi connectivity index (χ4v) is 3.20. The van der Waals surface area contributed by atoms with E-state index < -0.39 is 0 Å². The van der Waals surface area contributed by atoms with E-state index in [1.807, 2.05) is 36.4 Å². The molecule has 118 valence electrons. The Morgan fingerprint density at radius 3 is 2.83 bits per heavy atom. The summed E-state index contributed by atoms with van der Waals surface area (Å²) in [6, 6.07) is 12.2. The smallest absolute Gasteiger partial charge is 0.231 e. The van der Waals surface area contributed by atoms with Crippen LogP contribution in [0.1, 0.15) is 25.7 Å². The van der Waals surface area contributed by atoms with Crippen molar-refractivity contribution in [3.05, 3.63) is 42.7 Å². The summed E-state index contributed by atoms with van der Waals surface area (Å²) in [7, 11) is 0. The van der Waals surface area contributed by atoms with Crippen molar-refractivity contribution in [3.8, 4) is 11.3 Å². The Morgan fingerprint density at radius 1 is 1.13 bits per heavy atom. The lowest BCUT2D eigenvalue weighted by molar-refractivity contribution is 0.124. The van der Waals surface area contributed by atoms with Crippen LogP contribution in [-0.2, 0) is 0 Å². The number of rotatable bonds is 3. The molecule has 0 spiro atoms. The van der Waals surface area contributed by atoms with Crippen molar-refractivity contribution in [1.29, 1.82) is 0 Å². The Kier molecular flexibility index (Phi) is 3.71. The second-order valence-corrected chi connectivity index (χ2v) is 6.08. The van der Waals surface area contributed by atoms with Gasteiger partial charge in [0.05, 0.1) is 11.5 Å². The van der Waals surface area contributed by atoms with Crippen molar-refractivity contribution in [3.63, 3.8) is 0 Å². The molecule has 5 nitrogen and oxygen atoms in total. The molecule has 0 saturated heterocycles. The number of anilines is 1. The molecule has 2 atom stereocenters. The van der Waals surface area contributed by atoms with Gasteiger partial charge in [0.25, 0.3) is 0 Å². The van der Waals surface area contributed by atoms with Gasteiger partial charge in [-0.2, -0.15) is 0 Å². The summed E-state index contributed by atoms with van der Waals surface area (Å²) in [6.45, 7) is 0. The molecule has 5 heteroatoms. The third kappa shape index (κ3) is 2.92. The first-order valence-electron chi connectivity index (χ1n) is 8.04. The van der Waals surface area contributed by atoms with E-state index in [-0.39, 0.29) is 12.1 Å². The lowest BCUT2D eigenvalue weighted by Crippen LogP contribution is -2.30. The van der Waals surface area contributed by atoms with Crippen LogP contribution < -0.4 is 5.32 Å². The van der Waals surface area contributed by atoms with Gasteiger partial charge in [-0.1, -0.05) is 30.3 Å². The maximum absolute atomic E-state index is 9.83. The highest BCUT2D eigenvalue weighted by Gasteiger charge is 2.21. The summed E-state index contributed by atoms with van der Waals surface area (Å²) in [5.74, 6) is 1.56. The Bertz CT molecular complexity index is 800. The summed E-state index contributed by atoms with van der Waals surface area (Å²) in [5, 5.41) is 14.2. The van der Waals surface area contributed by atoms with Gasteiger partial charge in [-0.15, -0.1) is 0 Å². The Morgan fingerprint density at radius 2 is 2.00 bits per heavy atom. The molecule has 1 fully saturated rings. The van der Waals surface area contributed by atoms with Gasteiger partial charge in [0.2, 0.25) is 5.71 Å². The molecule has 0 radical (unpaired) electrons. The molecular weight excluding hydrogens is 290 g/mol. The first-order valence-corrected chi connectivity index (χ1v) is 8.04. The van der Waals surface area contributed by atoms with E-state index >= 15 is 0 Å². The quantitative estimate of drug-likeness (QED) is 0.773. The molecule has 2 heterocycles. The van der Waals surface area contributed by atoms with E-state index in [4.69, 9.17) is 4.42 Å².